The van der Waals surface area contributed by atoms with Crippen molar-refractivity contribution in [3.63, 3.8) is 0 Å². The number of nitrogens with zero attached hydrogens (tertiary/aromatic N) is 1. The van der Waals surface area contributed by atoms with Crippen LogP contribution in [0.25, 0.3) is 0 Å². The van der Waals surface area contributed by atoms with Crippen LogP contribution in [0, 0.1) is 11.8 Å². The molecule has 1 N–H and O–H groups in total. The molecule has 0 spiro atoms. The molecule has 7 rings (SSSR count). The molecule has 0 radical (unpaired) electrons. The third kappa shape index (κ3) is 4.35. The second-order valence-corrected chi connectivity index (χ2v) is 11.5. The van der Waals surface area contributed by atoms with Gasteiger partial charge in [-0.3, -0.25) is 19.3 Å². The Morgan fingerprint density at radius 2 is 1.35 bits per heavy atom. The van der Waals surface area contributed by atoms with E-state index in [1.807, 2.05) is 55.5 Å². The monoisotopic (exact) mass is 600 g/mol. The molecule has 0 unspecified atom stereocenters. The van der Waals surface area contributed by atoms with Gasteiger partial charge in [0.2, 0.25) is 11.8 Å². The lowest BCUT2D eigenvalue weighted by Crippen LogP contribution is -2.47. The van der Waals surface area contributed by atoms with Gasteiger partial charge in [0.15, 0.2) is 6.61 Å². The number of anilines is 1. The predicted octanol–water partition coefficient (Wildman–Crippen LogP) is 5.38. The number of ether oxygens (including phenoxy) is 1. The van der Waals surface area contributed by atoms with Crippen LogP contribution in [0.15, 0.2) is 77.3 Å². The zero-order chi connectivity index (χ0) is 28.0. The van der Waals surface area contributed by atoms with Gasteiger partial charge in [-0.1, -0.05) is 84.2 Å². The van der Waals surface area contributed by atoms with Gasteiger partial charge in [-0.25, -0.2) is 4.79 Å². The Kier molecular flexibility index (Phi) is 7.04. The van der Waals surface area contributed by atoms with E-state index in [2.05, 4.69) is 21.2 Å². The molecule has 40 heavy (non-hydrogen) atoms. The maximum Gasteiger partial charge on any atom is 0.329 e. The van der Waals surface area contributed by atoms with Crippen LogP contribution in [0.3, 0.4) is 0 Å². The Morgan fingerprint density at radius 1 is 0.850 bits per heavy atom. The molecule has 3 atom stereocenters. The molecule has 3 aliphatic carbocycles. The van der Waals surface area contributed by atoms with Crippen LogP contribution in [0.5, 0.6) is 0 Å². The highest BCUT2D eigenvalue weighted by atomic mass is 79.9. The normalized spacial score (nSPS) is 22.8. The molecule has 3 amide bonds. The summed E-state index contributed by atoms with van der Waals surface area (Å²) in [6.45, 7) is 1.47. The molecule has 7 nitrogen and oxygen atoms in total. The fraction of sp³-hybridized carbons (Fsp3) is 0.312. The molecule has 0 aromatic heterocycles. The zero-order valence-corrected chi connectivity index (χ0v) is 23.6. The van der Waals surface area contributed by atoms with Crippen molar-refractivity contribution < 1.29 is 23.9 Å². The third-order valence-corrected chi connectivity index (χ3v) is 8.90. The largest absolute Gasteiger partial charge is 0.454 e. The highest BCUT2D eigenvalue weighted by Gasteiger charge is 2.63. The number of carbonyl (C=O) groups excluding carboxylic acids is 4. The SMILES string of the molecule is CCCC[C@H](C(=O)OCC(=O)Nc1ccc(Br)cc1)N1C(=O)[C@H]2C3c4ccccc4C(c4ccccc43)[C@@H]2C1=O. The number of amides is 3. The fourth-order valence-electron chi connectivity index (χ4n) is 6.72. The number of carbonyl (C=O) groups is 4. The van der Waals surface area contributed by atoms with Gasteiger partial charge in [0, 0.05) is 22.0 Å². The minimum atomic E-state index is -1.07. The van der Waals surface area contributed by atoms with Crippen molar-refractivity contribution in [2.24, 2.45) is 11.8 Å². The molecular formula is C32H29BrN2O5. The second kappa shape index (κ2) is 10.7. The Bertz CT molecular complexity index is 1390. The number of rotatable bonds is 8. The molecule has 2 bridgehead atoms. The standard InChI is InChI=1S/C32H29BrN2O5/c1-2-3-12-24(32(39)40-17-25(36)34-19-15-13-18(33)14-16-19)35-30(37)28-26-20-8-4-5-9-21(20)27(29(28)31(35)38)23-11-7-6-10-22(23)26/h4-11,13-16,24,26-29H,2-3,12,17H2,1H3,(H,34,36)/t24-,26?,27?,28+,29+/m1/s1. The molecular weight excluding hydrogens is 572 g/mol. The summed E-state index contributed by atoms with van der Waals surface area (Å²) in [4.78, 5) is 55.2. The number of benzene rings is 3. The minimum Gasteiger partial charge on any atom is -0.454 e. The summed E-state index contributed by atoms with van der Waals surface area (Å²) in [6, 6.07) is 22.0. The van der Waals surface area contributed by atoms with Crippen LogP contribution in [0.4, 0.5) is 5.69 Å². The fourth-order valence-corrected chi connectivity index (χ4v) is 6.98. The molecule has 204 valence electrons. The topological polar surface area (TPSA) is 92.8 Å². The van der Waals surface area contributed by atoms with Gasteiger partial charge in [-0.05, 0) is 52.9 Å². The van der Waals surface area contributed by atoms with E-state index in [9.17, 15) is 19.2 Å². The summed E-state index contributed by atoms with van der Waals surface area (Å²) in [5, 5.41) is 2.69. The number of hydrogen-bond donors (Lipinski definition) is 1. The highest BCUT2D eigenvalue weighted by molar-refractivity contribution is 9.10. The van der Waals surface area contributed by atoms with E-state index in [0.29, 0.717) is 12.1 Å². The highest BCUT2D eigenvalue weighted by Crippen LogP contribution is 2.61. The number of halogens is 1. The molecule has 0 saturated carbocycles. The van der Waals surface area contributed by atoms with E-state index in [1.165, 1.54) is 0 Å². The predicted molar refractivity (Wildman–Crippen MR) is 152 cm³/mol. The molecule has 1 heterocycles. The van der Waals surface area contributed by atoms with E-state index < -0.39 is 36.4 Å². The average molecular weight is 601 g/mol. The van der Waals surface area contributed by atoms with Crippen LogP contribution >= 0.6 is 15.9 Å². The van der Waals surface area contributed by atoms with Crippen LogP contribution in [0.1, 0.15) is 60.3 Å². The summed E-state index contributed by atoms with van der Waals surface area (Å²) in [5.41, 5.74) is 4.87. The number of esters is 1. The smallest absolute Gasteiger partial charge is 0.329 e. The van der Waals surface area contributed by atoms with Crippen LogP contribution in [-0.2, 0) is 23.9 Å². The lowest BCUT2D eigenvalue weighted by molar-refractivity contribution is -0.160. The van der Waals surface area contributed by atoms with Crippen molar-refractivity contribution in [3.05, 3.63) is 99.5 Å². The molecule has 4 aliphatic rings. The first-order valence-corrected chi connectivity index (χ1v) is 14.5. The number of hydrogen-bond acceptors (Lipinski definition) is 5. The van der Waals surface area contributed by atoms with Crippen molar-refractivity contribution in [1.29, 1.82) is 0 Å². The average Bonchev–Trinajstić information content (AvgIpc) is 3.23. The van der Waals surface area contributed by atoms with E-state index in [-0.39, 0.29) is 30.1 Å². The van der Waals surface area contributed by atoms with Crippen LogP contribution in [-0.4, -0.2) is 41.2 Å². The van der Waals surface area contributed by atoms with Gasteiger partial charge >= 0.3 is 5.97 Å². The van der Waals surface area contributed by atoms with Gasteiger partial charge in [-0.2, -0.15) is 0 Å². The van der Waals surface area contributed by atoms with Gasteiger partial charge in [0.25, 0.3) is 5.91 Å². The second-order valence-electron chi connectivity index (χ2n) is 10.6. The van der Waals surface area contributed by atoms with Crippen molar-refractivity contribution in [1.82, 2.24) is 4.90 Å². The Morgan fingerprint density at radius 3 is 1.82 bits per heavy atom. The van der Waals surface area contributed by atoms with E-state index >= 15 is 0 Å². The number of unbranched alkanes of at least 4 members (excludes halogenated alkanes) is 1. The quantitative estimate of drug-likeness (QED) is 0.277. The molecule has 3 aromatic rings. The first-order chi connectivity index (χ1) is 19.4. The Labute approximate surface area is 241 Å². The Hall–Kier alpha value is -3.78. The maximum atomic E-state index is 14.1. The van der Waals surface area contributed by atoms with Crippen molar-refractivity contribution in [3.8, 4) is 0 Å². The Balaban J connectivity index is 1.26. The van der Waals surface area contributed by atoms with Gasteiger partial charge in [0.05, 0.1) is 11.8 Å². The molecule has 3 aromatic carbocycles. The van der Waals surface area contributed by atoms with Crippen molar-refractivity contribution in [2.75, 3.05) is 11.9 Å². The van der Waals surface area contributed by atoms with Gasteiger partial charge < -0.3 is 10.1 Å². The summed E-state index contributed by atoms with van der Waals surface area (Å²) >= 11 is 3.35. The summed E-state index contributed by atoms with van der Waals surface area (Å²) in [6.07, 6.45) is 1.69. The molecule has 1 saturated heterocycles. The summed E-state index contributed by atoms with van der Waals surface area (Å²) in [5.74, 6) is -3.52. The zero-order valence-electron chi connectivity index (χ0n) is 22.0. The number of nitrogens with one attached hydrogen (secondary N) is 1. The van der Waals surface area contributed by atoms with Crippen molar-refractivity contribution in [2.45, 2.75) is 44.1 Å². The van der Waals surface area contributed by atoms with E-state index in [1.54, 1.807) is 24.3 Å². The van der Waals surface area contributed by atoms with Crippen molar-refractivity contribution >= 4 is 45.3 Å². The van der Waals surface area contributed by atoms with Crippen LogP contribution < -0.4 is 5.32 Å². The maximum absolute atomic E-state index is 14.1. The molecule has 8 heteroatoms. The first-order valence-electron chi connectivity index (χ1n) is 13.7. The lowest BCUT2D eigenvalue weighted by Gasteiger charge is -2.45. The number of imide groups is 1. The first kappa shape index (κ1) is 26.4. The molecule has 1 fully saturated rings. The van der Waals surface area contributed by atoms with Gasteiger partial charge in [-0.15, -0.1) is 0 Å². The lowest BCUT2D eigenvalue weighted by atomic mass is 9.55. The number of likely N-dealkylation sites (tertiary alicyclic amines) is 1. The minimum absolute atomic E-state index is 0.247. The summed E-state index contributed by atoms with van der Waals surface area (Å²) in [7, 11) is 0. The third-order valence-electron chi connectivity index (χ3n) is 8.37. The van der Waals surface area contributed by atoms with E-state index in [4.69, 9.17) is 4.74 Å². The van der Waals surface area contributed by atoms with E-state index in [0.717, 1.165) is 38.0 Å². The summed E-state index contributed by atoms with van der Waals surface area (Å²) < 4.78 is 6.28. The molecule has 1 aliphatic heterocycles. The van der Waals surface area contributed by atoms with Gasteiger partial charge in [0.1, 0.15) is 6.04 Å². The van der Waals surface area contributed by atoms with Crippen LogP contribution in [0.2, 0.25) is 0 Å².